The van der Waals surface area contributed by atoms with E-state index in [0.29, 0.717) is 27.5 Å². The van der Waals surface area contributed by atoms with Crippen LogP contribution in [-0.2, 0) is 4.79 Å². The van der Waals surface area contributed by atoms with Gasteiger partial charge in [-0.3, -0.25) is 14.5 Å². The van der Waals surface area contributed by atoms with Gasteiger partial charge >= 0.3 is 5.97 Å². The largest absolute Gasteiger partial charge is 0.493 e. The van der Waals surface area contributed by atoms with Crippen molar-refractivity contribution in [1.82, 2.24) is 4.90 Å². The third-order valence-corrected chi connectivity index (χ3v) is 6.08. The van der Waals surface area contributed by atoms with E-state index in [0.717, 1.165) is 22.2 Å². The van der Waals surface area contributed by atoms with Gasteiger partial charge in [-0.15, -0.1) is 0 Å². The molecule has 3 aromatic carbocycles. The number of benzene rings is 3. The molecule has 8 heteroatoms. The molecule has 0 radical (unpaired) electrons. The van der Waals surface area contributed by atoms with Gasteiger partial charge in [-0.05, 0) is 66.7 Å². The van der Waals surface area contributed by atoms with Crippen molar-refractivity contribution < 1.29 is 28.6 Å². The predicted octanol–water partition coefficient (Wildman–Crippen LogP) is 5.34. The van der Waals surface area contributed by atoms with E-state index in [1.165, 1.54) is 7.11 Å². The molecule has 0 unspecified atom stereocenters. The van der Waals surface area contributed by atoms with E-state index in [1.54, 1.807) is 48.5 Å². The Bertz CT molecular complexity index is 1270. The number of carbonyl (C=O) groups excluding carboxylic acids is 3. The average molecular weight is 490 g/mol. The number of rotatable bonds is 8. The molecule has 1 heterocycles. The molecule has 0 atom stereocenters. The van der Waals surface area contributed by atoms with Crippen molar-refractivity contribution in [3.8, 4) is 17.2 Å². The summed E-state index contributed by atoms with van der Waals surface area (Å²) in [6.45, 7) is 2.33. The Kier molecular flexibility index (Phi) is 7.52. The number of amides is 2. The van der Waals surface area contributed by atoms with E-state index < -0.39 is 5.97 Å². The first-order valence-corrected chi connectivity index (χ1v) is 11.7. The van der Waals surface area contributed by atoms with E-state index >= 15 is 0 Å². The molecule has 35 heavy (non-hydrogen) atoms. The SMILES string of the molecule is COc1cc(/C=C2\SC(=O)N(CCOc3ccc(C)cc3)C2=O)ccc1OC(=O)c1ccccc1. The van der Waals surface area contributed by atoms with Crippen molar-refractivity contribution in [2.45, 2.75) is 6.92 Å². The number of methoxy groups -OCH3 is 1. The molecule has 0 spiro atoms. The number of hydrogen-bond acceptors (Lipinski definition) is 7. The lowest BCUT2D eigenvalue weighted by molar-refractivity contribution is -0.123. The van der Waals surface area contributed by atoms with Crippen molar-refractivity contribution in [1.29, 1.82) is 0 Å². The average Bonchev–Trinajstić information content (AvgIpc) is 3.13. The minimum absolute atomic E-state index is 0.146. The number of aryl methyl sites for hydroxylation is 1. The van der Waals surface area contributed by atoms with Crippen LogP contribution in [0.25, 0.3) is 6.08 Å². The molecule has 1 aliphatic heterocycles. The highest BCUT2D eigenvalue weighted by atomic mass is 32.2. The molecule has 0 aliphatic carbocycles. The molecule has 7 nitrogen and oxygen atoms in total. The van der Waals surface area contributed by atoms with Crippen LogP contribution >= 0.6 is 11.8 Å². The third-order valence-electron chi connectivity index (χ3n) is 5.18. The molecule has 2 amide bonds. The fourth-order valence-corrected chi connectivity index (χ4v) is 4.19. The molecule has 1 saturated heterocycles. The Morgan fingerprint density at radius 2 is 1.71 bits per heavy atom. The highest BCUT2D eigenvalue weighted by molar-refractivity contribution is 8.18. The van der Waals surface area contributed by atoms with Crippen LogP contribution in [0.2, 0.25) is 0 Å². The van der Waals surface area contributed by atoms with E-state index in [9.17, 15) is 14.4 Å². The van der Waals surface area contributed by atoms with Crippen LogP contribution in [0, 0.1) is 6.92 Å². The number of thioether (sulfide) groups is 1. The van der Waals surface area contributed by atoms with Gasteiger partial charge in [0, 0.05) is 0 Å². The maximum absolute atomic E-state index is 12.8. The summed E-state index contributed by atoms with van der Waals surface area (Å²) >= 11 is 0.867. The summed E-state index contributed by atoms with van der Waals surface area (Å²) in [6.07, 6.45) is 1.61. The van der Waals surface area contributed by atoms with Gasteiger partial charge in [0.2, 0.25) is 0 Å². The lowest BCUT2D eigenvalue weighted by atomic mass is 10.1. The van der Waals surface area contributed by atoms with Gasteiger partial charge < -0.3 is 14.2 Å². The summed E-state index contributed by atoms with van der Waals surface area (Å²) in [5.41, 5.74) is 2.16. The number of carbonyl (C=O) groups is 3. The second-order valence-electron chi connectivity index (χ2n) is 7.66. The number of ether oxygens (including phenoxy) is 3. The van der Waals surface area contributed by atoms with Crippen LogP contribution in [0.5, 0.6) is 17.2 Å². The maximum atomic E-state index is 12.8. The first-order chi connectivity index (χ1) is 16.9. The zero-order valence-corrected chi connectivity index (χ0v) is 20.0. The zero-order valence-electron chi connectivity index (χ0n) is 19.2. The summed E-state index contributed by atoms with van der Waals surface area (Å²) in [7, 11) is 1.46. The normalized spacial score (nSPS) is 14.3. The Morgan fingerprint density at radius 3 is 2.43 bits per heavy atom. The van der Waals surface area contributed by atoms with Crippen LogP contribution < -0.4 is 14.2 Å². The van der Waals surface area contributed by atoms with E-state index in [2.05, 4.69) is 0 Å². The molecule has 178 valence electrons. The molecule has 1 aliphatic rings. The minimum atomic E-state index is -0.509. The Morgan fingerprint density at radius 1 is 0.971 bits per heavy atom. The molecule has 1 fully saturated rings. The van der Waals surface area contributed by atoms with E-state index in [-0.39, 0.29) is 30.0 Å². The van der Waals surface area contributed by atoms with Crippen molar-refractivity contribution >= 4 is 35.0 Å². The van der Waals surface area contributed by atoms with Gasteiger partial charge in [0.1, 0.15) is 12.4 Å². The van der Waals surface area contributed by atoms with Crippen LogP contribution in [0.3, 0.4) is 0 Å². The molecule has 0 aromatic heterocycles. The molecule has 0 N–H and O–H groups in total. The highest BCUT2D eigenvalue weighted by Crippen LogP contribution is 2.34. The predicted molar refractivity (Wildman–Crippen MR) is 134 cm³/mol. The fourth-order valence-electron chi connectivity index (χ4n) is 3.32. The maximum Gasteiger partial charge on any atom is 0.343 e. The van der Waals surface area contributed by atoms with Crippen LogP contribution in [-0.4, -0.2) is 42.3 Å². The zero-order chi connectivity index (χ0) is 24.8. The third kappa shape index (κ3) is 5.91. The number of nitrogens with zero attached hydrogens (tertiary/aromatic N) is 1. The van der Waals surface area contributed by atoms with Gasteiger partial charge in [0.25, 0.3) is 11.1 Å². The van der Waals surface area contributed by atoms with Crippen molar-refractivity contribution in [3.05, 3.63) is 94.4 Å². The lowest BCUT2D eigenvalue weighted by Gasteiger charge is -2.13. The van der Waals surface area contributed by atoms with Crippen molar-refractivity contribution in [2.75, 3.05) is 20.3 Å². The second-order valence-corrected chi connectivity index (χ2v) is 8.65. The fraction of sp³-hybridized carbons (Fsp3) is 0.148. The van der Waals surface area contributed by atoms with Crippen LogP contribution in [0.4, 0.5) is 4.79 Å². The highest BCUT2D eigenvalue weighted by Gasteiger charge is 2.34. The van der Waals surface area contributed by atoms with Gasteiger partial charge in [0.15, 0.2) is 11.5 Å². The van der Waals surface area contributed by atoms with Crippen LogP contribution in [0.15, 0.2) is 77.7 Å². The number of esters is 1. The quantitative estimate of drug-likeness (QED) is 0.240. The first-order valence-electron chi connectivity index (χ1n) is 10.8. The number of imide groups is 1. The topological polar surface area (TPSA) is 82.1 Å². The smallest absolute Gasteiger partial charge is 0.343 e. The molecule has 3 aromatic rings. The molecular weight excluding hydrogens is 466 g/mol. The van der Waals surface area contributed by atoms with Gasteiger partial charge in [-0.25, -0.2) is 4.79 Å². The summed E-state index contributed by atoms with van der Waals surface area (Å²) in [4.78, 5) is 39.0. The summed E-state index contributed by atoms with van der Waals surface area (Å²) in [5.74, 6) is 0.364. The summed E-state index contributed by atoms with van der Waals surface area (Å²) in [6, 6.07) is 21.1. The van der Waals surface area contributed by atoms with Gasteiger partial charge in [-0.2, -0.15) is 0 Å². The first kappa shape index (κ1) is 24.1. The summed E-state index contributed by atoms with van der Waals surface area (Å²) < 4.78 is 16.5. The summed E-state index contributed by atoms with van der Waals surface area (Å²) in [5, 5.41) is -0.353. The Balaban J connectivity index is 1.42. The number of hydrogen-bond donors (Lipinski definition) is 0. The van der Waals surface area contributed by atoms with Crippen molar-refractivity contribution in [3.63, 3.8) is 0 Å². The van der Waals surface area contributed by atoms with Crippen molar-refractivity contribution in [2.24, 2.45) is 0 Å². The molecule has 0 bridgehead atoms. The van der Waals surface area contributed by atoms with E-state index in [1.807, 2.05) is 37.3 Å². The minimum Gasteiger partial charge on any atom is -0.493 e. The Hall–Kier alpha value is -4.04. The molecular formula is C27H23NO6S. The standard InChI is InChI=1S/C27H23NO6S/c1-18-8-11-21(12-9-18)33-15-14-28-25(29)24(35-27(28)31)17-19-10-13-22(23(16-19)32-2)34-26(30)20-6-4-3-5-7-20/h3-13,16-17H,14-15H2,1-2H3/b24-17-. The molecule has 4 rings (SSSR count). The van der Waals surface area contributed by atoms with E-state index in [4.69, 9.17) is 14.2 Å². The van der Waals surface area contributed by atoms with Gasteiger partial charge in [0.05, 0.1) is 24.1 Å². The lowest BCUT2D eigenvalue weighted by Crippen LogP contribution is -2.32. The van der Waals surface area contributed by atoms with Gasteiger partial charge in [-0.1, -0.05) is 42.0 Å². The monoisotopic (exact) mass is 489 g/mol. The molecule has 0 saturated carbocycles. The van der Waals surface area contributed by atoms with Crippen LogP contribution in [0.1, 0.15) is 21.5 Å². The Labute approximate surface area is 207 Å². The second kappa shape index (κ2) is 10.9.